The first-order valence-corrected chi connectivity index (χ1v) is 6.94. The summed E-state index contributed by atoms with van der Waals surface area (Å²) in [7, 11) is 0. The molecule has 0 aromatic rings. The van der Waals surface area contributed by atoms with E-state index in [4.69, 9.17) is 5.73 Å². The maximum atomic E-state index is 12.3. The zero-order valence-electron chi connectivity index (χ0n) is 10.7. The lowest BCUT2D eigenvalue weighted by molar-refractivity contribution is -0.140. The third-order valence-corrected chi connectivity index (χ3v) is 4.66. The normalized spacial score (nSPS) is 36.5. The molecule has 17 heavy (non-hydrogen) atoms. The molecule has 3 aliphatic rings. The van der Waals surface area contributed by atoms with Gasteiger partial charge in [0.2, 0.25) is 5.91 Å². The lowest BCUT2D eigenvalue weighted by Crippen LogP contribution is -2.62. The summed E-state index contributed by atoms with van der Waals surface area (Å²) in [5.74, 6) is 0.204. The van der Waals surface area contributed by atoms with Crippen LogP contribution >= 0.6 is 0 Å². The SMILES string of the molecule is CC1CN2CCCCC2CN1C(=O)C1(N)CC1. The molecule has 0 radical (unpaired) electrons. The van der Waals surface area contributed by atoms with Crippen LogP contribution in [0.3, 0.4) is 0 Å². The van der Waals surface area contributed by atoms with Crippen molar-refractivity contribution in [2.45, 2.75) is 56.7 Å². The molecule has 2 unspecified atom stereocenters. The number of hydrogen-bond acceptors (Lipinski definition) is 3. The van der Waals surface area contributed by atoms with Gasteiger partial charge < -0.3 is 10.6 Å². The second-order valence-corrected chi connectivity index (χ2v) is 6.11. The van der Waals surface area contributed by atoms with Crippen molar-refractivity contribution in [1.29, 1.82) is 0 Å². The van der Waals surface area contributed by atoms with Crippen LogP contribution in [0.25, 0.3) is 0 Å². The number of rotatable bonds is 1. The molecule has 0 bridgehead atoms. The Labute approximate surface area is 103 Å². The van der Waals surface area contributed by atoms with Gasteiger partial charge >= 0.3 is 0 Å². The third-order valence-electron chi connectivity index (χ3n) is 4.66. The highest BCUT2D eigenvalue weighted by atomic mass is 16.2. The lowest BCUT2D eigenvalue weighted by Gasteiger charge is -2.48. The number of nitrogens with zero attached hydrogens (tertiary/aromatic N) is 2. The van der Waals surface area contributed by atoms with Crippen molar-refractivity contribution in [3.05, 3.63) is 0 Å². The minimum absolute atomic E-state index is 0.204. The molecular formula is C13H23N3O. The third kappa shape index (κ3) is 1.97. The Morgan fingerprint density at radius 3 is 2.76 bits per heavy atom. The van der Waals surface area contributed by atoms with Gasteiger partial charge in [-0.05, 0) is 39.2 Å². The molecule has 3 fully saturated rings. The van der Waals surface area contributed by atoms with Crippen LogP contribution in [0.1, 0.15) is 39.0 Å². The van der Waals surface area contributed by atoms with E-state index in [9.17, 15) is 4.79 Å². The number of hydrogen-bond donors (Lipinski definition) is 1. The Morgan fingerprint density at radius 2 is 2.06 bits per heavy atom. The van der Waals surface area contributed by atoms with Crippen molar-refractivity contribution >= 4 is 5.91 Å². The average Bonchev–Trinajstić information content (AvgIpc) is 3.07. The molecule has 2 atom stereocenters. The Kier molecular flexibility index (Phi) is 2.67. The number of carbonyl (C=O) groups excluding carboxylic acids is 1. The average molecular weight is 237 g/mol. The van der Waals surface area contributed by atoms with E-state index >= 15 is 0 Å². The van der Waals surface area contributed by atoms with Gasteiger partial charge in [0, 0.05) is 25.2 Å². The molecule has 1 amide bonds. The van der Waals surface area contributed by atoms with Gasteiger partial charge in [0.25, 0.3) is 0 Å². The molecule has 3 rings (SSSR count). The van der Waals surface area contributed by atoms with Gasteiger partial charge in [-0.2, -0.15) is 0 Å². The van der Waals surface area contributed by atoms with Crippen LogP contribution in [0.4, 0.5) is 0 Å². The molecule has 4 heteroatoms. The summed E-state index contributed by atoms with van der Waals surface area (Å²) in [4.78, 5) is 17.0. The summed E-state index contributed by atoms with van der Waals surface area (Å²) >= 11 is 0. The van der Waals surface area contributed by atoms with Gasteiger partial charge in [-0.3, -0.25) is 9.69 Å². The zero-order valence-corrected chi connectivity index (χ0v) is 10.7. The monoisotopic (exact) mass is 237 g/mol. The van der Waals surface area contributed by atoms with E-state index in [1.807, 2.05) is 0 Å². The second kappa shape index (κ2) is 3.95. The quantitative estimate of drug-likeness (QED) is 0.725. The molecule has 0 aromatic carbocycles. The fourth-order valence-corrected chi connectivity index (χ4v) is 3.27. The van der Waals surface area contributed by atoms with Gasteiger partial charge in [0.15, 0.2) is 0 Å². The van der Waals surface area contributed by atoms with Crippen LogP contribution in [0.2, 0.25) is 0 Å². The molecule has 96 valence electrons. The lowest BCUT2D eigenvalue weighted by atomic mass is 9.96. The van der Waals surface area contributed by atoms with Crippen molar-refractivity contribution < 1.29 is 4.79 Å². The number of carbonyl (C=O) groups is 1. The highest BCUT2D eigenvalue weighted by molar-refractivity contribution is 5.89. The Balaban J connectivity index is 1.71. The molecule has 2 saturated heterocycles. The van der Waals surface area contributed by atoms with E-state index in [1.54, 1.807) is 0 Å². The maximum absolute atomic E-state index is 12.3. The molecule has 1 saturated carbocycles. The van der Waals surface area contributed by atoms with Crippen LogP contribution in [0.5, 0.6) is 0 Å². The molecule has 2 aliphatic heterocycles. The van der Waals surface area contributed by atoms with E-state index in [-0.39, 0.29) is 5.91 Å². The number of fused-ring (bicyclic) bond motifs is 1. The molecular weight excluding hydrogens is 214 g/mol. The van der Waals surface area contributed by atoms with E-state index in [0.717, 1.165) is 25.9 Å². The summed E-state index contributed by atoms with van der Waals surface area (Å²) in [5, 5.41) is 0. The molecule has 0 aromatic heterocycles. The number of piperazine rings is 1. The Hall–Kier alpha value is -0.610. The van der Waals surface area contributed by atoms with E-state index in [0.29, 0.717) is 12.1 Å². The standard InChI is InChI=1S/C13H23N3O/c1-10-8-15-7-3-2-4-11(15)9-16(10)12(17)13(14)5-6-13/h10-11H,2-9,14H2,1H3. The first-order chi connectivity index (χ1) is 8.10. The topological polar surface area (TPSA) is 49.6 Å². The van der Waals surface area contributed by atoms with Crippen LogP contribution in [-0.2, 0) is 4.79 Å². The zero-order chi connectivity index (χ0) is 12.0. The highest BCUT2D eigenvalue weighted by Crippen LogP contribution is 2.36. The predicted molar refractivity (Wildman–Crippen MR) is 66.5 cm³/mol. The summed E-state index contributed by atoms with van der Waals surface area (Å²) in [6.45, 7) is 5.31. The second-order valence-electron chi connectivity index (χ2n) is 6.11. The van der Waals surface area contributed by atoms with Gasteiger partial charge in [-0.1, -0.05) is 6.42 Å². The van der Waals surface area contributed by atoms with Crippen LogP contribution in [0.15, 0.2) is 0 Å². The molecule has 4 nitrogen and oxygen atoms in total. The molecule has 2 N–H and O–H groups in total. The fraction of sp³-hybridized carbons (Fsp3) is 0.923. The van der Waals surface area contributed by atoms with E-state index < -0.39 is 5.54 Å². The number of amides is 1. The number of nitrogens with two attached hydrogens (primary N) is 1. The Morgan fingerprint density at radius 1 is 1.29 bits per heavy atom. The van der Waals surface area contributed by atoms with Gasteiger partial charge in [0.1, 0.15) is 0 Å². The fourth-order valence-electron chi connectivity index (χ4n) is 3.27. The van der Waals surface area contributed by atoms with Gasteiger partial charge in [-0.25, -0.2) is 0 Å². The highest BCUT2D eigenvalue weighted by Gasteiger charge is 2.50. The molecule has 0 spiro atoms. The van der Waals surface area contributed by atoms with Crippen molar-refractivity contribution in [2.24, 2.45) is 5.73 Å². The van der Waals surface area contributed by atoms with Crippen LogP contribution < -0.4 is 5.73 Å². The minimum Gasteiger partial charge on any atom is -0.336 e. The van der Waals surface area contributed by atoms with Crippen LogP contribution in [-0.4, -0.2) is 53.0 Å². The predicted octanol–water partition coefficient (Wildman–Crippen LogP) is 0.563. The first kappa shape index (κ1) is 11.5. The largest absolute Gasteiger partial charge is 0.336 e. The van der Waals surface area contributed by atoms with Crippen molar-refractivity contribution in [1.82, 2.24) is 9.80 Å². The summed E-state index contributed by atoms with van der Waals surface area (Å²) in [6.07, 6.45) is 5.63. The van der Waals surface area contributed by atoms with E-state index in [1.165, 1.54) is 25.8 Å². The minimum atomic E-state index is -0.495. The molecule has 2 heterocycles. The van der Waals surface area contributed by atoms with Crippen molar-refractivity contribution in [3.8, 4) is 0 Å². The van der Waals surface area contributed by atoms with Crippen molar-refractivity contribution in [3.63, 3.8) is 0 Å². The number of piperidine rings is 1. The van der Waals surface area contributed by atoms with Gasteiger partial charge in [0.05, 0.1) is 5.54 Å². The van der Waals surface area contributed by atoms with Crippen molar-refractivity contribution in [2.75, 3.05) is 19.6 Å². The summed E-state index contributed by atoms with van der Waals surface area (Å²) < 4.78 is 0. The molecule has 1 aliphatic carbocycles. The van der Waals surface area contributed by atoms with E-state index in [2.05, 4.69) is 16.7 Å². The van der Waals surface area contributed by atoms with Gasteiger partial charge in [-0.15, -0.1) is 0 Å². The Bertz CT molecular complexity index is 327. The summed E-state index contributed by atoms with van der Waals surface area (Å²) in [6, 6.07) is 0.920. The smallest absolute Gasteiger partial charge is 0.242 e. The maximum Gasteiger partial charge on any atom is 0.242 e. The van der Waals surface area contributed by atoms with Crippen LogP contribution in [0, 0.1) is 0 Å². The first-order valence-electron chi connectivity index (χ1n) is 6.94. The summed E-state index contributed by atoms with van der Waals surface area (Å²) in [5.41, 5.74) is 5.55.